The van der Waals surface area contributed by atoms with Gasteiger partial charge in [-0.2, -0.15) is 5.10 Å². The van der Waals surface area contributed by atoms with Gasteiger partial charge in [-0.25, -0.2) is 0 Å². The summed E-state index contributed by atoms with van der Waals surface area (Å²) in [5.74, 6) is 0. The van der Waals surface area contributed by atoms with Gasteiger partial charge < -0.3 is 0 Å². The highest BCUT2D eigenvalue weighted by Crippen LogP contribution is 2.57. The molecule has 0 saturated carbocycles. The third kappa shape index (κ3) is 5.51. The molecule has 0 spiro atoms. The molecule has 0 bridgehead atoms. The van der Waals surface area contributed by atoms with Crippen LogP contribution in [0.25, 0.3) is 0 Å². The average molecular weight is 501 g/mol. The average Bonchev–Trinajstić information content (AvgIpc) is 2.96. The van der Waals surface area contributed by atoms with Crippen LogP contribution < -0.4 is 5.19 Å². The first-order valence-electron chi connectivity index (χ1n) is 12.7. The van der Waals surface area contributed by atoms with Gasteiger partial charge in [0.15, 0.2) is 0 Å². The topological polar surface area (TPSA) is 15.6 Å². The lowest BCUT2D eigenvalue weighted by atomic mass is 9.91. The molecule has 33 heavy (non-hydrogen) atoms. The molecule has 5 heteroatoms. The lowest BCUT2D eigenvalue weighted by Crippen LogP contribution is -2.71. The summed E-state index contributed by atoms with van der Waals surface area (Å²) in [5, 5.41) is 7.95. The Kier molecular flexibility index (Phi) is 7.41. The Balaban J connectivity index is 3.16. The number of allylic oxidation sites excluding steroid dienone is 1. The van der Waals surface area contributed by atoms with Crippen LogP contribution in [0, 0.1) is 10.8 Å². The van der Waals surface area contributed by atoms with Crippen molar-refractivity contribution in [3.63, 3.8) is 0 Å². The van der Waals surface area contributed by atoms with E-state index in [1.807, 2.05) is 0 Å². The van der Waals surface area contributed by atoms with E-state index in [-0.39, 0.29) is 15.9 Å². The van der Waals surface area contributed by atoms with Crippen LogP contribution in [0.4, 0.5) is 0 Å². The van der Waals surface area contributed by atoms with Crippen molar-refractivity contribution in [2.24, 2.45) is 15.9 Å². The molecule has 1 heterocycles. The predicted octanol–water partition coefficient (Wildman–Crippen LogP) is 8.41. The van der Waals surface area contributed by atoms with Crippen molar-refractivity contribution in [3.8, 4) is 0 Å². The molecule has 2 atom stereocenters. The normalized spacial score (nSPS) is 23.7. The van der Waals surface area contributed by atoms with E-state index in [0.717, 1.165) is 0 Å². The largest absolute Gasteiger partial charge is 0.292 e. The second kappa shape index (κ2) is 8.63. The molecule has 0 N–H and O–H groups in total. The number of benzene rings is 1. The summed E-state index contributed by atoms with van der Waals surface area (Å²) in [6.45, 7) is 36.9. The maximum atomic E-state index is 5.75. The third-order valence-corrected chi connectivity index (χ3v) is 19.4. The SMILES string of the molecule is CC(C)(C)C1=NN(/C(=C\[Si](C)(C)C)C(C)(C)C)[Si](c2ccccc2)(C(C)(C)C)C1[Si](C)(C)C. The molecule has 1 aromatic rings. The van der Waals surface area contributed by atoms with Gasteiger partial charge in [0, 0.05) is 27.4 Å². The number of hydrogen-bond donors (Lipinski definition) is 0. The minimum Gasteiger partial charge on any atom is -0.292 e. The van der Waals surface area contributed by atoms with Gasteiger partial charge >= 0.3 is 0 Å². The number of rotatable bonds is 4. The summed E-state index contributed by atoms with van der Waals surface area (Å²) < 4.78 is 2.68. The van der Waals surface area contributed by atoms with E-state index < -0.39 is 24.4 Å². The summed E-state index contributed by atoms with van der Waals surface area (Å²) in [5.41, 5.74) is 5.62. The molecule has 0 amide bonds. The van der Waals surface area contributed by atoms with Crippen LogP contribution in [0.2, 0.25) is 49.5 Å². The highest BCUT2D eigenvalue weighted by molar-refractivity contribution is 7.08. The minimum absolute atomic E-state index is 0.0272. The number of nitrogens with zero attached hydrogens (tertiary/aromatic N) is 2. The summed E-state index contributed by atoms with van der Waals surface area (Å²) in [6, 6.07) is 11.5. The number of hydrazone groups is 1. The zero-order valence-electron chi connectivity index (χ0n) is 24.4. The van der Waals surface area contributed by atoms with E-state index in [2.05, 4.69) is 142 Å². The number of hydrogen-bond acceptors (Lipinski definition) is 2. The Morgan fingerprint density at radius 2 is 1.33 bits per heavy atom. The van der Waals surface area contributed by atoms with Gasteiger partial charge in [0.1, 0.15) is 0 Å². The van der Waals surface area contributed by atoms with Crippen molar-refractivity contribution in [1.29, 1.82) is 0 Å². The molecule has 1 aromatic carbocycles. The Morgan fingerprint density at radius 3 is 1.67 bits per heavy atom. The van der Waals surface area contributed by atoms with Gasteiger partial charge in [-0.15, -0.1) is 0 Å². The smallest absolute Gasteiger partial charge is 0.227 e. The maximum absolute atomic E-state index is 5.75. The molecular weight excluding hydrogens is 449 g/mol. The molecule has 2 rings (SSSR count). The fourth-order valence-corrected chi connectivity index (χ4v) is 21.4. The van der Waals surface area contributed by atoms with Gasteiger partial charge in [-0.1, -0.05) is 138 Å². The van der Waals surface area contributed by atoms with E-state index >= 15 is 0 Å². The van der Waals surface area contributed by atoms with Gasteiger partial charge in [0.05, 0.1) is 16.1 Å². The van der Waals surface area contributed by atoms with Gasteiger partial charge in [-0.05, 0) is 10.2 Å². The predicted molar refractivity (Wildman–Crippen MR) is 158 cm³/mol. The van der Waals surface area contributed by atoms with Gasteiger partial charge in [-0.3, -0.25) is 4.67 Å². The standard InChI is InChI=1S/C28H52N2Si3/c1-26(2,3)23(21-31(10,11)12)30-29-24(27(4,5)6)25(32(13,14)15)33(30,28(7,8)9)22-19-17-16-18-20-22/h16-21,25H,1-15H3/b23-21-. The molecule has 1 aliphatic rings. The minimum atomic E-state index is -2.40. The highest BCUT2D eigenvalue weighted by Gasteiger charge is 2.67. The summed E-state index contributed by atoms with van der Waals surface area (Å²) >= 11 is 0. The summed E-state index contributed by atoms with van der Waals surface area (Å²) in [6.07, 6.45) is 0. The zero-order valence-corrected chi connectivity index (χ0v) is 27.4. The zero-order chi connectivity index (χ0) is 25.8. The van der Waals surface area contributed by atoms with Crippen molar-refractivity contribution in [3.05, 3.63) is 41.7 Å². The fourth-order valence-electron chi connectivity index (χ4n) is 5.60. The van der Waals surface area contributed by atoms with Crippen LogP contribution in [0.5, 0.6) is 0 Å². The van der Waals surface area contributed by atoms with Crippen LogP contribution >= 0.6 is 0 Å². The summed E-state index contributed by atoms with van der Waals surface area (Å²) in [4.78, 5) is 0. The van der Waals surface area contributed by atoms with Crippen LogP contribution in [0.1, 0.15) is 62.3 Å². The van der Waals surface area contributed by atoms with Crippen molar-refractivity contribution in [2.75, 3.05) is 0 Å². The van der Waals surface area contributed by atoms with Crippen LogP contribution in [-0.4, -0.2) is 34.8 Å². The third-order valence-electron chi connectivity index (χ3n) is 6.79. The lowest BCUT2D eigenvalue weighted by Gasteiger charge is -2.54. The van der Waals surface area contributed by atoms with E-state index in [1.54, 1.807) is 5.19 Å². The van der Waals surface area contributed by atoms with Crippen molar-refractivity contribution < 1.29 is 0 Å². The molecule has 0 aliphatic carbocycles. The van der Waals surface area contributed by atoms with Crippen LogP contribution in [0.15, 0.2) is 46.8 Å². The summed E-state index contributed by atoms with van der Waals surface area (Å²) in [7, 11) is -5.56. The molecule has 0 fully saturated rings. The van der Waals surface area contributed by atoms with Crippen LogP contribution in [-0.2, 0) is 0 Å². The first-order chi connectivity index (χ1) is 14.5. The first-order valence-corrected chi connectivity index (χ1v) is 21.9. The van der Waals surface area contributed by atoms with Crippen molar-refractivity contribution in [2.45, 2.75) is 112 Å². The van der Waals surface area contributed by atoms with E-state index in [9.17, 15) is 0 Å². The first kappa shape index (κ1) is 28.3. The van der Waals surface area contributed by atoms with E-state index in [4.69, 9.17) is 5.10 Å². The monoisotopic (exact) mass is 500 g/mol. The molecular formula is C28H52N2Si3. The molecule has 0 aromatic heterocycles. The lowest BCUT2D eigenvalue weighted by molar-refractivity contribution is 0.368. The highest BCUT2D eigenvalue weighted by atomic mass is 28.4. The Labute approximate surface area is 209 Å². The maximum Gasteiger partial charge on any atom is 0.227 e. The fraction of sp³-hybridized carbons (Fsp3) is 0.679. The molecule has 186 valence electrons. The molecule has 0 radical (unpaired) electrons. The quantitative estimate of drug-likeness (QED) is 0.379. The molecule has 1 aliphatic heterocycles. The van der Waals surface area contributed by atoms with Crippen molar-refractivity contribution in [1.82, 2.24) is 4.67 Å². The molecule has 2 nitrogen and oxygen atoms in total. The second-order valence-electron chi connectivity index (χ2n) is 15.4. The molecule has 2 unspecified atom stereocenters. The Morgan fingerprint density at radius 1 is 0.848 bits per heavy atom. The van der Waals surface area contributed by atoms with E-state index in [0.29, 0.717) is 5.16 Å². The second-order valence-corrected chi connectivity index (χ2v) is 30.9. The Bertz CT molecular complexity index is 898. The Hall–Kier alpha value is -0.919. The van der Waals surface area contributed by atoms with E-state index in [1.165, 1.54) is 11.4 Å². The van der Waals surface area contributed by atoms with Crippen molar-refractivity contribution >= 4 is 35.3 Å². The van der Waals surface area contributed by atoms with Crippen LogP contribution in [0.3, 0.4) is 0 Å². The molecule has 0 saturated heterocycles. The van der Waals surface area contributed by atoms with Gasteiger partial charge in [0.2, 0.25) is 8.24 Å². The van der Waals surface area contributed by atoms with Gasteiger partial charge in [0.25, 0.3) is 0 Å².